The van der Waals surface area contributed by atoms with Gasteiger partial charge in [-0.1, -0.05) is 29.8 Å². The number of aliphatic carboxylic acids is 1. The number of benzene rings is 2. The third-order valence-electron chi connectivity index (χ3n) is 5.09. The first-order valence-electron chi connectivity index (χ1n) is 8.92. The molecule has 5 heteroatoms. The summed E-state index contributed by atoms with van der Waals surface area (Å²) in [6.45, 7) is 2.26. The fraction of sp³-hybridized carbons (Fsp3) is 0.286. The molecule has 0 aliphatic carbocycles. The topological polar surface area (TPSA) is 45.5 Å². The minimum Gasteiger partial charge on any atom is -0.481 e. The van der Waals surface area contributed by atoms with E-state index in [4.69, 9.17) is 11.6 Å². The van der Waals surface area contributed by atoms with Crippen molar-refractivity contribution in [3.05, 3.63) is 65.3 Å². The number of carbonyl (C=O) groups is 1. The quantitative estimate of drug-likeness (QED) is 0.733. The summed E-state index contributed by atoms with van der Waals surface area (Å²) in [6.07, 6.45) is 1.69. The summed E-state index contributed by atoms with van der Waals surface area (Å²) in [7, 11) is 0. The first-order chi connectivity index (χ1) is 12.6. The molecular formula is C21H21ClN2O2. The van der Waals surface area contributed by atoms with Crippen LogP contribution >= 0.6 is 11.6 Å². The Morgan fingerprint density at radius 2 is 1.96 bits per heavy atom. The van der Waals surface area contributed by atoms with E-state index in [2.05, 4.69) is 27.7 Å². The molecule has 0 saturated carbocycles. The fourth-order valence-electron chi connectivity index (χ4n) is 3.87. The van der Waals surface area contributed by atoms with Gasteiger partial charge in [0.25, 0.3) is 0 Å². The number of aromatic nitrogens is 1. The number of piperidine rings is 1. The SMILES string of the molecule is O=C(O)C1CCCN(Cc2cc3cc(Cl)ccc3n2-c2ccccc2)C1. The van der Waals surface area contributed by atoms with Crippen molar-refractivity contribution in [1.29, 1.82) is 0 Å². The first kappa shape index (κ1) is 17.1. The number of likely N-dealkylation sites (tertiary alicyclic amines) is 1. The van der Waals surface area contributed by atoms with Crippen LogP contribution in [0.25, 0.3) is 16.6 Å². The average molecular weight is 369 g/mol. The molecule has 3 aromatic rings. The molecule has 0 bridgehead atoms. The highest BCUT2D eigenvalue weighted by Gasteiger charge is 2.26. The number of hydrogen-bond donors (Lipinski definition) is 1. The maximum atomic E-state index is 11.4. The molecule has 0 radical (unpaired) electrons. The lowest BCUT2D eigenvalue weighted by atomic mass is 9.98. The minimum absolute atomic E-state index is 0.271. The summed E-state index contributed by atoms with van der Waals surface area (Å²) >= 11 is 6.19. The number of para-hydroxylation sites is 1. The summed E-state index contributed by atoms with van der Waals surface area (Å²) in [5.41, 5.74) is 3.37. The van der Waals surface area contributed by atoms with Gasteiger partial charge in [-0.25, -0.2) is 0 Å². The van der Waals surface area contributed by atoms with E-state index in [1.54, 1.807) is 0 Å². The summed E-state index contributed by atoms with van der Waals surface area (Å²) < 4.78 is 2.25. The van der Waals surface area contributed by atoms with Crippen LogP contribution in [-0.4, -0.2) is 33.6 Å². The Morgan fingerprint density at radius 3 is 2.73 bits per heavy atom. The van der Waals surface area contributed by atoms with E-state index < -0.39 is 5.97 Å². The molecule has 4 rings (SSSR count). The molecule has 1 atom stereocenters. The number of carboxylic acid groups (broad SMARTS) is 1. The smallest absolute Gasteiger partial charge is 0.307 e. The monoisotopic (exact) mass is 368 g/mol. The van der Waals surface area contributed by atoms with Gasteiger partial charge in [0.1, 0.15) is 0 Å². The van der Waals surface area contributed by atoms with Crippen molar-refractivity contribution in [2.24, 2.45) is 5.92 Å². The molecular weight excluding hydrogens is 348 g/mol. The van der Waals surface area contributed by atoms with Crippen molar-refractivity contribution in [3.63, 3.8) is 0 Å². The predicted molar refractivity (Wildman–Crippen MR) is 104 cm³/mol. The first-order valence-corrected chi connectivity index (χ1v) is 9.30. The van der Waals surface area contributed by atoms with Gasteiger partial charge in [0.2, 0.25) is 0 Å². The molecule has 1 saturated heterocycles. The third-order valence-corrected chi connectivity index (χ3v) is 5.33. The van der Waals surface area contributed by atoms with Gasteiger partial charge in [-0.05, 0) is 55.8 Å². The van der Waals surface area contributed by atoms with Gasteiger partial charge in [-0.15, -0.1) is 0 Å². The van der Waals surface area contributed by atoms with Crippen LogP contribution in [0.5, 0.6) is 0 Å². The maximum Gasteiger partial charge on any atom is 0.307 e. The highest BCUT2D eigenvalue weighted by molar-refractivity contribution is 6.31. The van der Waals surface area contributed by atoms with Gasteiger partial charge in [-0.3, -0.25) is 9.69 Å². The molecule has 1 aromatic heterocycles. The van der Waals surface area contributed by atoms with E-state index in [-0.39, 0.29) is 5.92 Å². The van der Waals surface area contributed by atoms with Crippen LogP contribution in [0.2, 0.25) is 5.02 Å². The van der Waals surface area contributed by atoms with E-state index in [0.29, 0.717) is 6.54 Å². The van der Waals surface area contributed by atoms with E-state index in [1.165, 1.54) is 0 Å². The zero-order valence-corrected chi connectivity index (χ0v) is 15.2. The molecule has 134 valence electrons. The summed E-state index contributed by atoms with van der Waals surface area (Å²) in [5, 5.41) is 11.2. The molecule has 4 nitrogen and oxygen atoms in total. The maximum absolute atomic E-state index is 11.4. The molecule has 1 aliphatic rings. The molecule has 2 aromatic carbocycles. The second-order valence-corrected chi connectivity index (χ2v) is 7.36. The number of rotatable bonds is 4. The second kappa shape index (κ2) is 7.14. The Bertz CT molecular complexity index is 936. The molecule has 1 N–H and O–H groups in total. The van der Waals surface area contributed by atoms with Gasteiger partial charge in [0.05, 0.1) is 11.4 Å². The van der Waals surface area contributed by atoms with Crippen molar-refractivity contribution in [3.8, 4) is 5.69 Å². The highest BCUT2D eigenvalue weighted by atomic mass is 35.5. The second-order valence-electron chi connectivity index (χ2n) is 6.92. The largest absolute Gasteiger partial charge is 0.481 e. The number of nitrogens with zero attached hydrogens (tertiary/aromatic N) is 2. The number of carboxylic acids is 1. The fourth-order valence-corrected chi connectivity index (χ4v) is 4.05. The summed E-state index contributed by atoms with van der Waals surface area (Å²) in [6, 6.07) is 18.4. The van der Waals surface area contributed by atoms with Crippen molar-refractivity contribution in [2.75, 3.05) is 13.1 Å². The van der Waals surface area contributed by atoms with Crippen LogP contribution in [0.1, 0.15) is 18.5 Å². The summed E-state index contributed by atoms with van der Waals surface area (Å²) in [4.78, 5) is 13.6. The third kappa shape index (κ3) is 3.35. The lowest BCUT2D eigenvalue weighted by molar-refractivity contribution is -0.143. The number of halogens is 1. The lowest BCUT2D eigenvalue weighted by Gasteiger charge is -2.30. The van der Waals surface area contributed by atoms with Gasteiger partial charge in [0, 0.05) is 34.9 Å². The van der Waals surface area contributed by atoms with Crippen LogP contribution in [0.3, 0.4) is 0 Å². The van der Waals surface area contributed by atoms with Crippen LogP contribution < -0.4 is 0 Å². The molecule has 1 aliphatic heterocycles. The molecule has 26 heavy (non-hydrogen) atoms. The van der Waals surface area contributed by atoms with Crippen LogP contribution in [0.15, 0.2) is 54.6 Å². The Morgan fingerprint density at radius 1 is 1.15 bits per heavy atom. The van der Waals surface area contributed by atoms with Crippen molar-refractivity contribution >= 4 is 28.5 Å². The van der Waals surface area contributed by atoms with Gasteiger partial charge in [0.15, 0.2) is 0 Å². The van der Waals surface area contributed by atoms with Gasteiger partial charge in [-0.2, -0.15) is 0 Å². The van der Waals surface area contributed by atoms with Gasteiger partial charge < -0.3 is 9.67 Å². The zero-order chi connectivity index (χ0) is 18.1. The van der Waals surface area contributed by atoms with E-state index in [1.807, 2.05) is 36.4 Å². The van der Waals surface area contributed by atoms with Crippen molar-refractivity contribution in [2.45, 2.75) is 19.4 Å². The highest BCUT2D eigenvalue weighted by Crippen LogP contribution is 2.29. The van der Waals surface area contributed by atoms with Crippen molar-refractivity contribution < 1.29 is 9.90 Å². The van der Waals surface area contributed by atoms with E-state index >= 15 is 0 Å². The Balaban J connectivity index is 1.73. The molecule has 2 heterocycles. The van der Waals surface area contributed by atoms with Crippen molar-refractivity contribution in [1.82, 2.24) is 9.47 Å². The Kier molecular flexibility index (Phi) is 4.70. The Labute approximate surface area is 157 Å². The molecule has 0 spiro atoms. The Hall–Kier alpha value is -2.30. The number of hydrogen-bond acceptors (Lipinski definition) is 2. The normalized spacial score (nSPS) is 18.3. The molecule has 1 fully saturated rings. The van der Waals surface area contributed by atoms with E-state index in [9.17, 15) is 9.90 Å². The standard InChI is InChI=1S/C21H21ClN2O2/c22-17-8-9-20-16(11-17)12-19(24(20)18-6-2-1-3-7-18)14-23-10-4-5-15(13-23)21(25)26/h1-3,6-9,11-12,15H,4-5,10,13-14H2,(H,25,26). The van der Waals surface area contributed by atoms with Crippen LogP contribution in [-0.2, 0) is 11.3 Å². The average Bonchev–Trinajstić information content (AvgIpc) is 2.99. The predicted octanol–water partition coefficient (Wildman–Crippen LogP) is 4.58. The molecule has 0 amide bonds. The van der Waals surface area contributed by atoms with E-state index in [0.717, 1.165) is 53.2 Å². The van der Waals surface area contributed by atoms with Gasteiger partial charge >= 0.3 is 5.97 Å². The van der Waals surface area contributed by atoms with Crippen LogP contribution in [0, 0.1) is 5.92 Å². The van der Waals surface area contributed by atoms with Crippen LogP contribution in [0.4, 0.5) is 0 Å². The molecule has 1 unspecified atom stereocenters. The lowest BCUT2D eigenvalue weighted by Crippen LogP contribution is -2.38. The zero-order valence-electron chi connectivity index (χ0n) is 14.4. The minimum atomic E-state index is -0.690. The summed E-state index contributed by atoms with van der Waals surface area (Å²) in [5.74, 6) is -0.960. The number of fused-ring (bicyclic) bond motifs is 1.